The van der Waals surface area contributed by atoms with E-state index in [9.17, 15) is 9.90 Å². The average molecular weight is 210 g/mol. The highest BCUT2D eigenvalue weighted by atomic mass is 16.3. The van der Waals surface area contributed by atoms with E-state index in [2.05, 4.69) is 20.5 Å². The Balaban J connectivity index is 2.83. The quantitative estimate of drug-likeness (QED) is 0.727. The Morgan fingerprint density at radius 3 is 2.33 bits per heavy atom. The lowest BCUT2D eigenvalue weighted by molar-refractivity contribution is -0.130. The van der Waals surface area contributed by atoms with Gasteiger partial charge in [0.2, 0.25) is 5.95 Å². The molecule has 1 aromatic heterocycles. The average Bonchev–Trinajstić information content (AvgIpc) is 2.10. The van der Waals surface area contributed by atoms with Gasteiger partial charge >= 0.3 is 0 Å². The molecule has 1 heterocycles. The van der Waals surface area contributed by atoms with Gasteiger partial charge in [0, 0.05) is 0 Å². The number of hydrogen-bond donors (Lipinski definition) is 2. The Hall–Kier alpha value is -1.56. The van der Waals surface area contributed by atoms with Crippen LogP contribution in [0.15, 0.2) is 0 Å². The molecule has 15 heavy (non-hydrogen) atoms. The van der Waals surface area contributed by atoms with Gasteiger partial charge in [-0.3, -0.25) is 10.1 Å². The van der Waals surface area contributed by atoms with Gasteiger partial charge in [-0.05, 0) is 27.7 Å². The number of rotatable bonds is 2. The van der Waals surface area contributed by atoms with Crippen molar-refractivity contribution in [1.29, 1.82) is 0 Å². The van der Waals surface area contributed by atoms with Crippen LogP contribution in [0.1, 0.15) is 25.2 Å². The Labute approximate surface area is 87.8 Å². The predicted octanol–water partition coefficient (Wildman–Crippen LogP) is 0.198. The number of hydrogen-bond acceptors (Lipinski definition) is 5. The molecular weight excluding hydrogens is 196 g/mol. The number of nitrogens with zero attached hydrogens (tertiary/aromatic N) is 3. The van der Waals surface area contributed by atoms with Crippen molar-refractivity contribution >= 4 is 11.9 Å². The van der Waals surface area contributed by atoms with E-state index in [4.69, 9.17) is 0 Å². The van der Waals surface area contributed by atoms with Crippen LogP contribution in [0.2, 0.25) is 0 Å². The van der Waals surface area contributed by atoms with Gasteiger partial charge in [-0.25, -0.2) is 4.98 Å². The van der Waals surface area contributed by atoms with Crippen molar-refractivity contribution in [1.82, 2.24) is 15.2 Å². The summed E-state index contributed by atoms with van der Waals surface area (Å²) in [7, 11) is 0. The molecule has 0 aliphatic heterocycles. The second-order valence-electron chi connectivity index (χ2n) is 3.82. The van der Waals surface area contributed by atoms with Crippen molar-refractivity contribution in [3.63, 3.8) is 0 Å². The zero-order valence-electron chi connectivity index (χ0n) is 9.20. The van der Waals surface area contributed by atoms with Gasteiger partial charge in [0.25, 0.3) is 5.91 Å². The zero-order valence-corrected chi connectivity index (χ0v) is 9.20. The summed E-state index contributed by atoms with van der Waals surface area (Å²) < 4.78 is 0. The van der Waals surface area contributed by atoms with Crippen LogP contribution in [-0.4, -0.2) is 31.8 Å². The topological polar surface area (TPSA) is 88.0 Å². The number of carbonyl (C=O) groups excluding carboxylic acids is 1. The van der Waals surface area contributed by atoms with Gasteiger partial charge in [-0.1, -0.05) is 0 Å². The summed E-state index contributed by atoms with van der Waals surface area (Å²) in [6, 6.07) is 0. The zero-order chi connectivity index (χ0) is 11.6. The summed E-state index contributed by atoms with van der Waals surface area (Å²) in [6.07, 6.45) is 0. The Morgan fingerprint density at radius 2 is 1.87 bits per heavy atom. The minimum absolute atomic E-state index is 0.102. The molecule has 0 radical (unpaired) electrons. The Bertz CT molecular complexity index is 384. The third-order valence-corrected chi connectivity index (χ3v) is 1.87. The lowest BCUT2D eigenvalue weighted by Crippen LogP contribution is -2.37. The standard InChI is InChI=1S/C9H14N4O2/c1-5-6(2)12-13-8(10-5)11-7(14)9(3,4)15/h15H,1-4H3,(H,10,11,13,14). The first-order valence-electron chi connectivity index (χ1n) is 4.52. The minimum atomic E-state index is -1.46. The van der Waals surface area contributed by atoms with Gasteiger partial charge in [0.1, 0.15) is 5.60 Å². The molecule has 0 atom stereocenters. The Morgan fingerprint density at radius 1 is 1.27 bits per heavy atom. The van der Waals surface area contributed by atoms with Crippen LogP contribution in [0.5, 0.6) is 0 Å². The molecule has 1 amide bonds. The molecule has 0 fully saturated rings. The maximum absolute atomic E-state index is 11.4. The van der Waals surface area contributed by atoms with E-state index >= 15 is 0 Å². The first kappa shape index (κ1) is 11.5. The molecule has 0 unspecified atom stereocenters. The van der Waals surface area contributed by atoms with E-state index in [1.807, 2.05) is 0 Å². The van der Waals surface area contributed by atoms with E-state index in [-0.39, 0.29) is 5.95 Å². The van der Waals surface area contributed by atoms with Crippen molar-refractivity contribution in [2.75, 3.05) is 5.32 Å². The summed E-state index contributed by atoms with van der Waals surface area (Å²) >= 11 is 0. The lowest BCUT2D eigenvalue weighted by atomic mass is 10.1. The highest BCUT2D eigenvalue weighted by Crippen LogP contribution is 2.06. The molecule has 82 valence electrons. The normalized spacial score (nSPS) is 11.3. The van der Waals surface area contributed by atoms with Crippen LogP contribution in [-0.2, 0) is 4.79 Å². The molecule has 0 saturated carbocycles. The number of anilines is 1. The van der Waals surface area contributed by atoms with E-state index in [1.165, 1.54) is 13.8 Å². The van der Waals surface area contributed by atoms with Crippen molar-refractivity contribution in [3.05, 3.63) is 11.4 Å². The number of nitrogens with one attached hydrogen (secondary N) is 1. The smallest absolute Gasteiger partial charge is 0.258 e. The molecule has 0 aliphatic carbocycles. The van der Waals surface area contributed by atoms with Crippen molar-refractivity contribution < 1.29 is 9.90 Å². The predicted molar refractivity (Wildman–Crippen MR) is 54.2 cm³/mol. The maximum Gasteiger partial charge on any atom is 0.258 e. The van der Waals surface area contributed by atoms with Crippen LogP contribution in [0, 0.1) is 13.8 Å². The monoisotopic (exact) mass is 210 g/mol. The molecule has 0 aromatic carbocycles. The van der Waals surface area contributed by atoms with Crippen LogP contribution in [0.3, 0.4) is 0 Å². The molecule has 0 aliphatic rings. The van der Waals surface area contributed by atoms with Gasteiger partial charge in [-0.2, -0.15) is 5.10 Å². The number of aliphatic hydroxyl groups is 1. The van der Waals surface area contributed by atoms with Crippen LogP contribution < -0.4 is 5.32 Å². The van der Waals surface area contributed by atoms with E-state index in [1.54, 1.807) is 13.8 Å². The van der Waals surface area contributed by atoms with E-state index in [0.29, 0.717) is 11.4 Å². The van der Waals surface area contributed by atoms with Gasteiger partial charge in [0.15, 0.2) is 0 Å². The van der Waals surface area contributed by atoms with Crippen LogP contribution >= 0.6 is 0 Å². The highest BCUT2D eigenvalue weighted by Gasteiger charge is 2.24. The first-order valence-corrected chi connectivity index (χ1v) is 4.52. The SMILES string of the molecule is Cc1nnc(NC(=O)C(C)(C)O)nc1C. The van der Waals surface area contributed by atoms with Crippen LogP contribution in [0.25, 0.3) is 0 Å². The molecule has 0 spiro atoms. The third kappa shape index (κ3) is 2.95. The summed E-state index contributed by atoms with van der Waals surface area (Å²) in [4.78, 5) is 15.4. The molecule has 0 saturated heterocycles. The Kier molecular flexibility index (Phi) is 2.99. The summed E-state index contributed by atoms with van der Waals surface area (Å²) in [5, 5.41) is 19.3. The van der Waals surface area contributed by atoms with E-state index in [0.717, 1.165) is 0 Å². The van der Waals surface area contributed by atoms with Crippen LogP contribution in [0.4, 0.5) is 5.95 Å². The first-order chi connectivity index (χ1) is 6.80. The second-order valence-corrected chi connectivity index (χ2v) is 3.82. The fraction of sp³-hybridized carbons (Fsp3) is 0.556. The number of aryl methyl sites for hydroxylation is 2. The van der Waals surface area contributed by atoms with Gasteiger partial charge in [-0.15, -0.1) is 5.10 Å². The molecule has 2 N–H and O–H groups in total. The fourth-order valence-corrected chi connectivity index (χ4v) is 0.764. The van der Waals surface area contributed by atoms with Crippen molar-refractivity contribution in [2.24, 2.45) is 0 Å². The maximum atomic E-state index is 11.4. The van der Waals surface area contributed by atoms with Crippen molar-refractivity contribution in [2.45, 2.75) is 33.3 Å². The molecule has 1 rings (SSSR count). The van der Waals surface area contributed by atoms with Crippen molar-refractivity contribution in [3.8, 4) is 0 Å². The third-order valence-electron chi connectivity index (χ3n) is 1.87. The molecule has 6 nitrogen and oxygen atoms in total. The highest BCUT2D eigenvalue weighted by molar-refractivity contribution is 5.95. The van der Waals surface area contributed by atoms with E-state index < -0.39 is 11.5 Å². The minimum Gasteiger partial charge on any atom is -0.381 e. The van der Waals surface area contributed by atoms with Gasteiger partial charge in [0.05, 0.1) is 11.4 Å². The number of amides is 1. The second kappa shape index (κ2) is 3.90. The molecule has 1 aromatic rings. The van der Waals surface area contributed by atoms with Gasteiger partial charge < -0.3 is 5.11 Å². The summed E-state index contributed by atoms with van der Waals surface area (Å²) in [5.41, 5.74) is -0.0605. The molecule has 0 bridgehead atoms. The summed E-state index contributed by atoms with van der Waals surface area (Å²) in [6.45, 7) is 6.31. The molecular formula is C9H14N4O2. The lowest BCUT2D eigenvalue weighted by Gasteiger charge is -2.15. The fourth-order valence-electron chi connectivity index (χ4n) is 0.764. The number of aromatic nitrogens is 3. The number of carbonyl (C=O) groups is 1. The molecule has 6 heteroatoms. The largest absolute Gasteiger partial charge is 0.381 e. The summed E-state index contributed by atoms with van der Waals surface area (Å²) in [5.74, 6) is -0.460.